The highest BCUT2D eigenvalue weighted by Gasteiger charge is 2.63. The van der Waals surface area contributed by atoms with E-state index in [0.717, 1.165) is 13.1 Å². The lowest BCUT2D eigenvalue weighted by Crippen LogP contribution is -2.63. The highest BCUT2D eigenvalue weighted by atomic mass is 35.5. The van der Waals surface area contributed by atoms with E-state index in [0.29, 0.717) is 28.6 Å². The average Bonchev–Trinajstić information content (AvgIpc) is 3.41. The number of phenols is 1. The molecule has 0 aliphatic heterocycles. The van der Waals surface area contributed by atoms with Gasteiger partial charge in [-0.15, -0.1) is 0 Å². The Hall–Kier alpha value is -2.92. The van der Waals surface area contributed by atoms with Gasteiger partial charge in [-0.2, -0.15) is 0 Å². The van der Waals surface area contributed by atoms with Crippen LogP contribution in [0, 0.1) is 17.8 Å². The van der Waals surface area contributed by atoms with E-state index in [9.17, 15) is 34.8 Å². The lowest BCUT2D eigenvalue weighted by atomic mass is 9.58. The van der Waals surface area contributed by atoms with Crippen molar-refractivity contribution in [2.75, 3.05) is 27.2 Å². The second kappa shape index (κ2) is 10.7. The Balaban J connectivity index is 1.57. The third kappa shape index (κ3) is 4.56. The molecule has 41 heavy (non-hydrogen) atoms. The third-order valence-corrected chi connectivity index (χ3v) is 10.0. The first-order chi connectivity index (χ1) is 19.3. The fourth-order valence-corrected chi connectivity index (χ4v) is 7.86. The molecule has 4 atom stereocenters. The Bertz CT molecular complexity index is 1380. The van der Waals surface area contributed by atoms with Crippen molar-refractivity contribution in [1.29, 1.82) is 0 Å². The summed E-state index contributed by atoms with van der Waals surface area (Å²) in [5.41, 5.74) is 2.78. The van der Waals surface area contributed by atoms with Crippen LogP contribution < -0.4 is 5.73 Å². The minimum absolute atomic E-state index is 0.0237. The van der Waals surface area contributed by atoms with Crippen molar-refractivity contribution in [3.05, 3.63) is 50.4 Å². The molecule has 1 aromatic carbocycles. The van der Waals surface area contributed by atoms with Gasteiger partial charge in [-0.3, -0.25) is 24.2 Å². The molecule has 1 fully saturated rings. The highest BCUT2D eigenvalue weighted by molar-refractivity contribution is 6.33. The van der Waals surface area contributed by atoms with E-state index in [1.807, 2.05) is 0 Å². The number of aliphatic hydroxyl groups is 3. The molecule has 0 aromatic heterocycles. The first kappa shape index (κ1) is 29.6. The monoisotopic (exact) mass is 587 g/mol. The van der Waals surface area contributed by atoms with Crippen LogP contribution in [0.2, 0.25) is 5.02 Å². The van der Waals surface area contributed by atoms with Crippen molar-refractivity contribution in [3.8, 4) is 5.75 Å². The second-order valence-corrected chi connectivity index (χ2v) is 12.5. The topological polar surface area (TPSA) is 165 Å². The van der Waals surface area contributed by atoms with E-state index in [1.165, 1.54) is 36.6 Å². The molecule has 1 aromatic rings. The van der Waals surface area contributed by atoms with Gasteiger partial charge in [0.25, 0.3) is 5.91 Å². The number of rotatable bonds is 7. The van der Waals surface area contributed by atoms with Gasteiger partial charge in [0.2, 0.25) is 5.78 Å². The molecule has 1 unspecified atom stereocenters. The van der Waals surface area contributed by atoms with Crippen LogP contribution in [0.15, 0.2) is 28.7 Å². The predicted octanol–water partition coefficient (Wildman–Crippen LogP) is 2.79. The minimum atomic E-state index is -2.66. The Kier molecular flexibility index (Phi) is 7.74. The number of allylic oxidation sites excluding steroid dienone is 1. The normalized spacial score (nSPS) is 28.4. The highest BCUT2D eigenvalue weighted by Crippen LogP contribution is 2.53. The summed E-state index contributed by atoms with van der Waals surface area (Å²) in [6.07, 6.45) is 5.07. The zero-order valence-corrected chi connectivity index (χ0v) is 24.4. The number of nitrogens with two attached hydrogens (primary N) is 1. The van der Waals surface area contributed by atoms with Gasteiger partial charge in [0, 0.05) is 29.6 Å². The lowest BCUT2D eigenvalue weighted by Gasteiger charge is -2.50. The zero-order chi connectivity index (χ0) is 30.0. The molecule has 5 rings (SSSR count). The molecule has 0 saturated heterocycles. The molecular formula is C30H38ClN3O7. The van der Waals surface area contributed by atoms with Gasteiger partial charge in [-0.1, -0.05) is 31.4 Å². The van der Waals surface area contributed by atoms with E-state index in [1.54, 1.807) is 14.1 Å². The van der Waals surface area contributed by atoms with Gasteiger partial charge in [-0.05, 0) is 75.4 Å². The number of carbonyl (C=O) groups is 3. The molecule has 0 radical (unpaired) electrons. The van der Waals surface area contributed by atoms with Crippen LogP contribution in [0.5, 0.6) is 5.75 Å². The summed E-state index contributed by atoms with van der Waals surface area (Å²) in [7, 11) is 3.19. The second-order valence-electron chi connectivity index (χ2n) is 12.2. The van der Waals surface area contributed by atoms with Crippen LogP contribution in [-0.2, 0) is 22.6 Å². The Morgan fingerprint density at radius 1 is 1.17 bits per heavy atom. The third-order valence-electron chi connectivity index (χ3n) is 9.56. The number of Topliss-reactive ketones (excluding diaryl/α,β-unsaturated/α-hetero) is 2. The fourth-order valence-electron chi connectivity index (χ4n) is 7.57. The Labute approximate surface area is 244 Å². The summed E-state index contributed by atoms with van der Waals surface area (Å²) in [4.78, 5) is 43.2. The standard InChI is InChI=1S/C30H38ClN3O7/c1-4-34(12-14-7-5-6-8-14)13-16-11-19(35)21-17(23(16)31)9-15-10-18-24(33(2)3)26(37)22(29(32)40)28(39)30(18,41)27(38)20(15)25(21)36/h11,14-15,18,24,35,37-38,41H,4-10,12-13H2,1-3H3,(H2,32,40)/t15-,18-,24-,30?/m0/s1. The molecule has 6 N–H and O–H groups in total. The maximum Gasteiger partial charge on any atom is 0.255 e. The number of primary amides is 1. The number of benzene rings is 1. The van der Waals surface area contributed by atoms with E-state index < -0.39 is 58.0 Å². The van der Waals surface area contributed by atoms with E-state index in [4.69, 9.17) is 17.3 Å². The minimum Gasteiger partial charge on any atom is -0.510 e. The number of hydrogen-bond donors (Lipinski definition) is 5. The molecule has 0 bridgehead atoms. The largest absolute Gasteiger partial charge is 0.510 e. The molecule has 10 nitrogen and oxygen atoms in total. The molecule has 222 valence electrons. The van der Waals surface area contributed by atoms with Gasteiger partial charge in [-0.25, -0.2) is 0 Å². The van der Waals surface area contributed by atoms with Crippen molar-refractivity contribution in [2.24, 2.45) is 23.5 Å². The summed E-state index contributed by atoms with van der Waals surface area (Å²) in [5, 5.41) is 45.4. The SMILES string of the molecule is CCN(Cc1cc(O)c2c(c1Cl)C[C@H]1C[C@H]3[C@H](N(C)C)C(O)=C(C(N)=O)C(=O)C3(O)C(O)=C1C2=O)CC1CCCC1. The number of phenolic OH excluding ortho intramolecular Hbond substituents is 1. The number of nitrogens with zero attached hydrogens (tertiary/aromatic N) is 2. The van der Waals surface area contributed by atoms with Crippen LogP contribution in [0.1, 0.15) is 60.5 Å². The smallest absolute Gasteiger partial charge is 0.255 e. The first-order valence-electron chi connectivity index (χ1n) is 14.2. The average molecular weight is 588 g/mol. The molecule has 4 aliphatic carbocycles. The van der Waals surface area contributed by atoms with Crippen molar-refractivity contribution in [1.82, 2.24) is 9.80 Å². The zero-order valence-electron chi connectivity index (χ0n) is 23.6. The summed E-state index contributed by atoms with van der Waals surface area (Å²) in [6, 6.07) is 0.443. The molecule has 4 aliphatic rings. The molecule has 1 amide bonds. The number of halogens is 1. The van der Waals surface area contributed by atoms with Gasteiger partial charge in [0.1, 0.15) is 22.8 Å². The fraction of sp³-hybridized carbons (Fsp3) is 0.567. The summed E-state index contributed by atoms with van der Waals surface area (Å²) in [5.74, 6) is -6.12. The number of hydrogen-bond acceptors (Lipinski definition) is 9. The van der Waals surface area contributed by atoms with Crippen molar-refractivity contribution in [2.45, 2.75) is 63.6 Å². The van der Waals surface area contributed by atoms with Crippen molar-refractivity contribution in [3.63, 3.8) is 0 Å². The summed E-state index contributed by atoms with van der Waals surface area (Å²) in [6.45, 7) is 4.32. The van der Waals surface area contributed by atoms with Crippen LogP contribution in [0.3, 0.4) is 0 Å². The van der Waals surface area contributed by atoms with Crippen LogP contribution in [-0.4, -0.2) is 86.5 Å². The summed E-state index contributed by atoms with van der Waals surface area (Å²) < 4.78 is 0. The van der Waals surface area contributed by atoms with Gasteiger partial charge in [0.15, 0.2) is 11.4 Å². The Morgan fingerprint density at radius 2 is 1.83 bits per heavy atom. The van der Waals surface area contributed by atoms with Gasteiger partial charge >= 0.3 is 0 Å². The lowest BCUT2D eigenvalue weighted by molar-refractivity contribution is -0.148. The van der Waals surface area contributed by atoms with E-state index in [2.05, 4.69) is 11.8 Å². The number of ketones is 2. The number of likely N-dealkylation sites (N-methyl/N-ethyl adjacent to an activating group) is 1. The molecule has 1 saturated carbocycles. The van der Waals surface area contributed by atoms with Crippen LogP contribution in [0.25, 0.3) is 0 Å². The number of fused-ring (bicyclic) bond motifs is 3. The number of aliphatic hydroxyl groups excluding tert-OH is 2. The molecule has 0 spiro atoms. The quantitative estimate of drug-likeness (QED) is 0.302. The maximum absolute atomic E-state index is 13.8. The number of carbonyl (C=O) groups excluding carboxylic acids is 3. The maximum atomic E-state index is 13.8. The van der Waals surface area contributed by atoms with Crippen molar-refractivity contribution >= 4 is 29.1 Å². The van der Waals surface area contributed by atoms with E-state index in [-0.39, 0.29) is 29.7 Å². The Morgan fingerprint density at radius 3 is 2.41 bits per heavy atom. The van der Waals surface area contributed by atoms with Gasteiger partial charge < -0.3 is 26.2 Å². The van der Waals surface area contributed by atoms with Crippen molar-refractivity contribution < 1.29 is 34.8 Å². The van der Waals surface area contributed by atoms with E-state index >= 15 is 0 Å². The molecular weight excluding hydrogens is 550 g/mol. The molecule has 0 heterocycles. The number of aromatic hydroxyl groups is 1. The van der Waals surface area contributed by atoms with Crippen LogP contribution in [0.4, 0.5) is 0 Å². The summed E-state index contributed by atoms with van der Waals surface area (Å²) >= 11 is 6.91. The first-order valence-corrected chi connectivity index (χ1v) is 14.6. The number of amides is 1. The predicted molar refractivity (Wildman–Crippen MR) is 152 cm³/mol. The van der Waals surface area contributed by atoms with Gasteiger partial charge in [0.05, 0.1) is 11.6 Å². The van der Waals surface area contributed by atoms with Crippen LogP contribution >= 0.6 is 11.6 Å². The molecule has 11 heteroatoms.